The highest BCUT2D eigenvalue weighted by Gasteiger charge is 2.77. The van der Waals surface area contributed by atoms with E-state index in [1.54, 1.807) is 0 Å². The number of ether oxygens (including phenoxy) is 2. The van der Waals surface area contributed by atoms with Gasteiger partial charge in [0.15, 0.2) is 0 Å². The number of aliphatic hydroxyl groups is 1. The van der Waals surface area contributed by atoms with E-state index >= 15 is 0 Å². The standard InChI is InChI=1S/C21H31FO4/c1-12(24)25-17-4-3-15-14-9-18-21(26-18)10-13(22)5-8-20(21,11-23)16(14)6-7-19(15,17)2/h13-18,23H,3-11H2,1-2H3/t13-,14-,15-,16-,17-,18-,19-,20-,21-/m0/s1. The Bertz CT molecular complexity index is 625. The molecular weight excluding hydrogens is 335 g/mol. The first-order valence-corrected chi connectivity index (χ1v) is 10.5. The van der Waals surface area contributed by atoms with Crippen LogP contribution in [0.4, 0.5) is 4.39 Å². The quantitative estimate of drug-likeness (QED) is 0.601. The van der Waals surface area contributed by atoms with Crippen LogP contribution >= 0.6 is 0 Å². The highest BCUT2D eigenvalue weighted by atomic mass is 19.1. The third-order valence-electron chi connectivity index (χ3n) is 9.22. The number of halogens is 1. The fourth-order valence-electron chi connectivity index (χ4n) is 8.06. The fraction of sp³-hybridized carbons (Fsp3) is 0.952. The molecule has 1 heterocycles. The van der Waals surface area contributed by atoms with E-state index in [0.717, 1.165) is 38.5 Å². The van der Waals surface area contributed by atoms with E-state index in [1.807, 2.05) is 0 Å². The third-order valence-corrected chi connectivity index (χ3v) is 9.22. The number of epoxide rings is 1. The Morgan fingerprint density at radius 2 is 2.04 bits per heavy atom. The zero-order valence-corrected chi connectivity index (χ0v) is 15.9. The molecule has 4 saturated carbocycles. The van der Waals surface area contributed by atoms with E-state index in [9.17, 15) is 14.3 Å². The van der Waals surface area contributed by atoms with Crippen molar-refractivity contribution in [2.75, 3.05) is 6.61 Å². The van der Waals surface area contributed by atoms with Gasteiger partial charge in [-0.2, -0.15) is 0 Å². The molecule has 0 amide bonds. The summed E-state index contributed by atoms with van der Waals surface area (Å²) in [5, 5.41) is 10.5. The van der Waals surface area contributed by atoms with Gasteiger partial charge in [-0.25, -0.2) is 4.39 Å². The number of rotatable bonds is 2. The molecule has 0 aromatic rings. The summed E-state index contributed by atoms with van der Waals surface area (Å²) in [6.45, 7) is 3.92. The lowest BCUT2D eigenvalue weighted by Gasteiger charge is -2.59. The molecule has 0 bridgehead atoms. The Morgan fingerprint density at radius 1 is 1.23 bits per heavy atom. The summed E-state index contributed by atoms with van der Waals surface area (Å²) in [7, 11) is 0. The largest absolute Gasteiger partial charge is 0.462 e. The topological polar surface area (TPSA) is 59.1 Å². The molecule has 4 aliphatic carbocycles. The smallest absolute Gasteiger partial charge is 0.302 e. The summed E-state index contributed by atoms with van der Waals surface area (Å²) in [6.07, 6.45) is 6.20. The Hall–Kier alpha value is -0.680. The number of hydrogen-bond donors (Lipinski definition) is 1. The van der Waals surface area contributed by atoms with Gasteiger partial charge >= 0.3 is 5.97 Å². The Labute approximate surface area is 154 Å². The number of hydrogen-bond acceptors (Lipinski definition) is 4. The van der Waals surface area contributed by atoms with Crippen molar-refractivity contribution in [3.63, 3.8) is 0 Å². The molecule has 0 unspecified atom stereocenters. The van der Waals surface area contributed by atoms with Crippen LogP contribution in [0.1, 0.15) is 65.2 Å². The van der Waals surface area contributed by atoms with Crippen LogP contribution in [0, 0.1) is 28.6 Å². The monoisotopic (exact) mass is 366 g/mol. The first-order valence-electron chi connectivity index (χ1n) is 10.5. The second-order valence-electron chi connectivity index (χ2n) is 9.98. The fourth-order valence-corrected chi connectivity index (χ4v) is 8.06. The van der Waals surface area contributed by atoms with Crippen molar-refractivity contribution >= 4 is 5.97 Å². The number of aliphatic hydroxyl groups excluding tert-OH is 1. The van der Waals surface area contributed by atoms with Gasteiger partial charge in [-0.1, -0.05) is 6.92 Å². The second kappa shape index (κ2) is 5.44. The summed E-state index contributed by atoms with van der Waals surface area (Å²) in [5.74, 6) is 1.24. The predicted octanol–water partition coefficient (Wildman–Crippen LogP) is 3.40. The summed E-state index contributed by atoms with van der Waals surface area (Å²) >= 11 is 0. The van der Waals surface area contributed by atoms with Gasteiger partial charge in [-0.15, -0.1) is 0 Å². The molecule has 0 aromatic carbocycles. The molecule has 9 atom stereocenters. The van der Waals surface area contributed by atoms with Crippen molar-refractivity contribution in [3.05, 3.63) is 0 Å². The molecule has 5 fully saturated rings. The number of esters is 1. The van der Waals surface area contributed by atoms with Crippen molar-refractivity contribution in [2.45, 2.75) is 89.2 Å². The average molecular weight is 366 g/mol. The van der Waals surface area contributed by atoms with Gasteiger partial charge in [0.05, 0.1) is 12.7 Å². The van der Waals surface area contributed by atoms with Crippen molar-refractivity contribution in [1.82, 2.24) is 0 Å². The van der Waals surface area contributed by atoms with Gasteiger partial charge in [0.2, 0.25) is 0 Å². The number of carbonyl (C=O) groups is 1. The summed E-state index contributed by atoms with van der Waals surface area (Å²) < 4.78 is 26.1. The van der Waals surface area contributed by atoms with Gasteiger partial charge in [0.1, 0.15) is 17.9 Å². The van der Waals surface area contributed by atoms with Crippen molar-refractivity contribution in [2.24, 2.45) is 28.6 Å². The lowest BCUT2D eigenvalue weighted by molar-refractivity contribution is -0.164. The highest BCUT2D eigenvalue weighted by molar-refractivity contribution is 5.66. The average Bonchev–Trinajstić information content (AvgIpc) is 3.19. The number of alkyl halides is 1. The minimum absolute atomic E-state index is 0.0180. The molecule has 5 heteroatoms. The van der Waals surface area contributed by atoms with Crippen LogP contribution in [0.15, 0.2) is 0 Å². The molecule has 1 aliphatic heterocycles. The van der Waals surface area contributed by atoms with Gasteiger partial charge in [0, 0.05) is 24.2 Å². The molecule has 5 rings (SSSR count). The van der Waals surface area contributed by atoms with Crippen LogP contribution in [0.5, 0.6) is 0 Å². The first kappa shape index (κ1) is 17.4. The molecule has 5 aliphatic rings. The van der Waals surface area contributed by atoms with E-state index < -0.39 is 11.8 Å². The Balaban J connectivity index is 1.47. The van der Waals surface area contributed by atoms with Gasteiger partial charge < -0.3 is 14.6 Å². The maximum absolute atomic E-state index is 14.2. The Morgan fingerprint density at radius 3 is 2.77 bits per heavy atom. The van der Waals surface area contributed by atoms with E-state index in [4.69, 9.17) is 9.47 Å². The van der Waals surface area contributed by atoms with E-state index in [2.05, 4.69) is 6.92 Å². The lowest BCUT2D eigenvalue weighted by atomic mass is 9.44. The number of carbonyl (C=O) groups excluding carboxylic acids is 1. The molecular formula is C21H31FO4. The maximum Gasteiger partial charge on any atom is 0.302 e. The SMILES string of the molecule is CC(=O)O[C@H]1CC[C@H]2[C@@H]3C[C@@H]4O[C@@]45C[C@@H](F)CC[C@]5(CO)[C@H]3CC[C@]12C. The molecule has 1 spiro atoms. The minimum atomic E-state index is -0.787. The van der Waals surface area contributed by atoms with Crippen LogP contribution in [0.25, 0.3) is 0 Å². The molecule has 1 N–H and O–H groups in total. The zero-order chi connectivity index (χ0) is 18.3. The maximum atomic E-state index is 14.2. The Kier molecular flexibility index (Phi) is 3.64. The lowest BCUT2D eigenvalue weighted by Crippen LogP contribution is -2.61. The molecule has 26 heavy (non-hydrogen) atoms. The van der Waals surface area contributed by atoms with E-state index in [1.165, 1.54) is 6.92 Å². The van der Waals surface area contributed by atoms with Crippen LogP contribution in [0.2, 0.25) is 0 Å². The van der Waals surface area contributed by atoms with Crippen LogP contribution in [0.3, 0.4) is 0 Å². The van der Waals surface area contributed by atoms with Crippen molar-refractivity contribution < 1.29 is 23.8 Å². The van der Waals surface area contributed by atoms with Crippen LogP contribution in [-0.4, -0.2) is 41.7 Å². The van der Waals surface area contributed by atoms with Gasteiger partial charge in [-0.05, 0) is 62.7 Å². The van der Waals surface area contributed by atoms with Gasteiger partial charge in [-0.3, -0.25) is 4.79 Å². The van der Waals surface area contributed by atoms with E-state index in [0.29, 0.717) is 30.6 Å². The molecule has 0 aromatic heterocycles. The molecule has 4 nitrogen and oxygen atoms in total. The van der Waals surface area contributed by atoms with Crippen LogP contribution < -0.4 is 0 Å². The molecule has 146 valence electrons. The predicted molar refractivity (Wildman–Crippen MR) is 93.1 cm³/mol. The molecule has 0 radical (unpaired) electrons. The van der Waals surface area contributed by atoms with Crippen LogP contribution in [-0.2, 0) is 14.3 Å². The zero-order valence-electron chi connectivity index (χ0n) is 15.9. The second-order valence-corrected chi connectivity index (χ2v) is 9.98. The van der Waals surface area contributed by atoms with Crippen molar-refractivity contribution in [1.29, 1.82) is 0 Å². The van der Waals surface area contributed by atoms with Gasteiger partial charge in [0.25, 0.3) is 0 Å². The molecule has 1 saturated heterocycles. The number of fused-ring (bicyclic) bond motifs is 4. The van der Waals surface area contributed by atoms with E-state index in [-0.39, 0.29) is 35.6 Å². The summed E-state index contributed by atoms with van der Waals surface area (Å²) in [4.78, 5) is 11.6. The first-order chi connectivity index (χ1) is 12.4. The highest BCUT2D eigenvalue weighted by Crippen LogP contribution is 2.73. The minimum Gasteiger partial charge on any atom is -0.462 e. The van der Waals surface area contributed by atoms with Crippen molar-refractivity contribution in [3.8, 4) is 0 Å². The third kappa shape index (κ3) is 1.99. The normalized spacial score (nSPS) is 57.4. The summed E-state index contributed by atoms with van der Waals surface area (Å²) in [6, 6.07) is 0. The summed E-state index contributed by atoms with van der Waals surface area (Å²) in [5.41, 5.74) is -0.623.